The summed E-state index contributed by atoms with van der Waals surface area (Å²) < 4.78 is 39.2. The Balaban J connectivity index is 1.43. The molecule has 0 aromatic heterocycles. The molecule has 0 aromatic carbocycles. The molecule has 11 N–H and O–H groups in total. The molecule has 4 rings (SSSR count). The van der Waals surface area contributed by atoms with E-state index in [9.17, 15) is 56.2 Å². The number of aliphatic hydroxyl groups excluding tert-OH is 11. The molecule has 4 aliphatic rings. The van der Waals surface area contributed by atoms with Crippen molar-refractivity contribution >= 4 is 0 Å². The Bertz CT molecular complexity index is 880. The van der Waals surface area contributed by atoms with Crippen LogP contribution >= 0.6 is 0 Å². The molecule has 19 atom stereocenters. The minimum absolute atomic E-state index is 0.140. The van der Waals surface area contributed by atoms with Crippen LogP contribution < -0.4 is 0 Å². The molecular formula is C26H46O18. The average molecular weight is 647 g/mol. The van der Waals surface area contributed by atoms with Gasteiger partial charge in [0.1, 0.15) is 73.2 Å². The highest BCUT2D eigenvalue weighted by molar-refractivity contribution is 4.97. The zero-order chi connectivity index (χ0) is 32.5. The van der Waals surface area contributed by atoms with Crippen molar-refractivity contribution in [2.45, 2.75) is 150 Å². The number of hydrogen-bond donors (Lipinski definition) is 11. The van der Waals surface area contributed by atoms with Gasteiger partial charge in [-0.15, -0.1) is 0 Å². The number of rotatable bonds is 10. The number of ether oxygens (including phenoxy) is 7. The zero-order valence-electron chi connectivity index (χ0n) is 24.3. The molecule has 0 aliphatic carbocycles. The summed E-state index contributed by atoms with van der Waals surface area (Å²) in [6.45, 7) is 1.97. The summed E-state index contributed by atoms with van der Waals surface area (Å²) in [4.78, 5) is 0. The van der Waals surface area contributed by atoms with Crippen molar-refractivity contribution in [3.8, 4) is 0 Å². The summed E-state index contributed by atoms with van der Waals surface area (Å²) in [5.74, 6) is 0. The van der Waals surface area contributed by atoms with Gasteiger partial charge in [0.25, 0.3) is 0 Å². The molecule has 4 aliphatic heterocycles. The molecule has 19 unspecified atom stereocenters. The lowest BCUT2D eigenvalue weighted by Crippen LogP contribution is -2.66. The zero-order valence-corrected chi connectivity index (χ0v) is 24.3. The van der Waals surface area contributed by atoms with Gasteiger partial charge < -0.3 is 89.3 Å². The van der Waals surface area contributed by atoms with Crippen molar-refractivity contribution < 1.29 is 89.3 Å². The maximum atomic E-state index is 11.0. The lowest BCUT2D eigenvalue weighted by molar-refractivity contribution is -0.384. The molecule has 4 heterocycles. The molecule has 4 fully saturated rings. The molecule has 44 heavy (non-hydrogen) atoms. The van der Waals surface area contributed by atoms with Crippen LogP contribution in [0.5, 0.6) is 0 Å². The Morgan fingerprint density at radius 2 is 0.932 bits per heavy atom. The predicted octanol–water partition coefficient (Wildman–Crippen LogP) is -5.88. The van der Waals surface area contributed by atoms with Crippen LogP contribution in [-0.2, 0) is 33.2 Å². The topological polar surface area (TPSA) is 287 Å². The predicted molar refractivity (Wildman–Crippen MR) is 139 cm³/mol. The fourth-order valence-electron chi connectivity index (χ4n) is 5.84. The van der Waals surface area contributed by atoms with E-state index < -0.39 is 130 Å². The SMILES string of the molecule is CCC1CC(O)C(O)C(OC2C(CO)OC(OC3C(CC)OC(OC4C(CO)OC(O)C(O)C4O)C(O)C3O)C(O)C2O)O1. The minimum Gasteiger partial charge on any atom is -0.394 e. The molecule has 0 spiro atoms. The molecule has 18 nitrogen and oxygen atoms in total. The molecule has 0 amide bonds. The van der Waals surface area contributed by atoms with Crippen LogP contribution in [-0.4, -0.2) is 186 Å². The quantitative estimate of drug-likeness (QED) is 0.105. The second kappa shape index (κ2) is 15.5. The van der Waals surface area contributed by atoms with Crippen LogP contribution in [0.15, 0.2) is 0 Å². The Morgan fingerprint density at radius 1 is 0.500 bits per heavy atom. The fourth-order valence-corrected chi connectivity index (χ4v) is 5.84. The van der Waals surface area contributed by atoms with Crippen molar-refractivity contribution in [3.63, 3.8) is 0 Å². The fraction of sp³-hybridized carbons (Fsp3) is 1.00. The summed E-state index contributed by atoms with van der Waals surface area (Å²) in [5.41, 5.74) is 0. The van der Waals surface area contributed by atoms with E-state index in [0.717, 1.165) is 0 Å². The summed E-state index contributed by atoms with van der Waals surface area (Å²) in [5, 5.41) is 114. The second-order valence-corrected chi connectivity index (χ2v) is 11.5. The highest BCUT2D eigenvalue weighted by Gasteiger charge is 2.54. The minimum atomic E-state index is -1.85. The molecular weight excluding hydrogens is 600 g/mol. The molecule has 0 saturated carbocycles. The molecule has 0 radical (unpaired) electrons. The number of hydrogen-bond acceptors (Lipinski definition) is 18. The van der Waals surface area contributed by atoms with Crippen molar-refractivity contribution in [1.29, 1.82) is 0 Å². The van der Waals surface area contributed by atoms with Gasteiger partial charge in [0.2, 0.25) is 0 Å². The van der Waals surface area contributed by atoms with Crippen LogP contribution in [0.3, 0.4) is 0 Å². The molecule has 258 valence electrons. The lowest BCUT2D eigenvalue weighted by Gasteiger charge is -2.49. The Morgan fingerprint density at radius 3 is 1.41 bits per heavy atom. The standard InChI is InChI=1S/C26H46O18/c1-3-8-5-9(29)13(30)24(38-8)43-22-12(7-28)41-26(19(36)16(22)33)42-20-10(4-2)40-25(18(35)15(20)32)44-21-11(6-27)39-23(37)17(34)14(21)31/h8-37H,3-7H2,1-2H3. The van der Waals surface area contributed by atoms with E-state index in [0.29, 0.717) is 6.42 Å². The van der Waals surface area contributed by atoms with Crippen LogP contribution in [0.25, 0.3) is 0 Å². The molecule has 0 bridgehead atoms. The van der Waals surface area contributed by atoms with Gasteiger partial charge in [0, 0.05) is 6.42 Å². The monoisotopic (exact) mass is 646 g/mol. The maximum Gasteiger partial charge on any atom is 0.187 e. The first kappa shape index (κ1) is 36.1. The van der Waals surface area contributed by atoms with Gasteiger partial charge in [-0.1, -0.05) is 13.8 Å². The van der Waals surface area contributed by atoms with Gasteiger partial charge in [0.05, 0.1) is 31.5 Å². The average Bonchev–Trinajstić information content (AvgIpc) is 3.01. The molecule has 4 saturated heterocycles. The van der Waals surface area contributed by atoms with E-state index in [1.165, 1.54) is 0 Å². The van der Waals surface area contributed by atoms with E-state index in [1.807, 2.05) is 0 Å². The van der Waals surface area contributed by atoms with Gasteiger partial charge in [0.15, 0.2) is 25.2 Å². The third kappa shape index (κ3) is 7.38. The van der Waals surface area contributed by atoms with Gasteiger partial charge in [-0.2, -0.15) is 0 Å². The van der Waals surface area contributed by atoms with E-state index in [1.54, 1.807) is 13.8 Å². The van der Waals surface area contributed by atoms with Gasteiger partial charge in [-0.25, -0.2) is 0 Å². The van der Waals surface area contributed by atoms with E-state index in [2.05, 4.69) is 0 Å². The molecule has 0 aromatic rings. The van der Waals surface area contributed by atoms with E-state index >= 15 is 0 Å². The van der Waals surface area contributed by atoms with E-state index in [-0.39, 0.29) is 12.8 Å². The van der Waals surface area contributed by atoms with Crippen LogP contribution in [0.4, 0.5) is 0 Å². The van der Waals surface area contributed by atoms with Crippen LogP contribution in [0, 0.1) is 0 Å². The summed E-state index contributed by atoms with van der Waals surface area (Å²) in [6, 6.07) is 0. The van der Waals surface area contributed by atoms with Crippen molar-refractivity contribution in [2.24, 2.45) is 0 Å². The molecule has 18 heteroatoms. The second-order valence-electron chi connectivity index (χ2n) is 11.5. The van der Waals surface area contributed by atoms with Crippen molar-refractivity contribution in [2.75, 3.05) is 13.2 Å². The van der Waals surface area contributed by atoms with Gasteiger partial charge in [-0.3, -0.25) is 0 Å². The smallest absolute Gasteiger partial charge is 0.187 e. The normalized spacial score (nSPS) is 52.2. The first-order valence-corrected chi connectivity index (χ1v) is 14.8. The first-order valence-electron chi connectivity index (χ1n) is 14.8. The van der Waals surface area contributed by atoms with Gasteiger partial charge in [-0.05, 0) is 12.8 Å². The first-order chi connectivity index (χ1) is 20.9. The third-order valence-corrected chi connectivity index (χ3v) is 8.54. The lowest BCUT2D eigenvalue weighted by atomic mass is 9.95. The largest absolute Gasteiger partial charge is 0.394 e. The Kier molecular flexibility index (Phi) is 12.7. The van der Waals surface area contributed by atoms with Crippen LogP contribution in [0.2, 0.25) is 0 Å². The number of aliphatic hydroxyl groups is 11. The third-order valence-electron chi connectivity index (χ3n) is 8.54. The highest BCUT2D eigenvalue weighted by Crippen LogP contribution is 2.34. The highest BCUT2D eigenvalue weighted by atomic mass is 16.8. The Labute approximate surface area is 252 Å². The van der Waals surface area contributed by atoms with Gasteiger partial charge >= 0.3 is 0 Å². The summed E-state index contributed by atoms with van der Waals surface area (Å²) in [6.07, 6.45) is -27.6. The van der Waals surface area contributed by atoms with E-state index in [4.69, 9.17) is 33.2 Å². The Hall–Kier alpha value is -0.720. The van der Waals surface area contributed by atoms with Crippen LogP contribution in [0.1, 0.15) is 33.1 Å². The van der Waals surface area contributed by atoms with Crippen molar-refractivity contribution in [3.05, 3.63) is 0 Å². The maximum absolute atomic E-state index is 11.0. The summed E-state index contributed by atoms with van der Waals surface area (Å²) >= 11 is 0. The summed E-state index contributed by atoms with van der Waals surface area (Å²) in [7, 11) is 0. The van der Waals surface area contributed by atoms with Crippen molar-refractivity contribution in [1.82, 2.24) is 0 Å².